The molecule has 0 rings (SSSR count). The monoisotopic (exact) mass is 133 g/mol. The van der Waals surface area contributed by atoms with Crippen LogP contribution >= 0.6 is 0 Å². The van der Waals surface area contributed by atoms with Crippen molar-refractivity contribution in [1.82, 2.24) is 0 Å². The topological polar surface area (TPSA) is 57.5 Å². The van der Waals surface area contributed by atoms with Crippen molar-refractivity contribution in [3.05, 3.63) is 0 Å². The molecular formula is C2H6NaO3S. The second kappa shape index (κ2) is 5.21. The summed E-state index contributed by atoms with van der Waals surface area (Å²) in [6.45, 7) is 1.25. The van der Waals surface area contributed by atoms with Crippen LogP contribution in [-0.4, -0.2) is 48.9 Å². The maximum Gasteiger partial charge on any atom is 0.182 e. The van der Waals surface area contributed by atoms with Crippen molar-refractivity contribution in [3.8, 4) is 0 Å². The molecule has 39 valence electrons. The van der Waals surface area contributed by atoms with E-state index in [0.717, 1.165) is 0 Å². The fourth-order valence-electron chi connectivity index (χ4n) is 0. The van der Waals surface area contributed by atoms with E-state index in [9.17, 15) is 4.21 Å². The molecule has 7 heavy (non-hydrogen) atoms. The van der Waals surface area contributed by atoms with E-state index >= 15 is 0 Å². The van der Waals surface area contributed by atoms with Gasteiger partial charge in [0.05, 0.1) is 0 Å². The van der Waals surface area contributed by atoms with E-state index in [-0.39, 0.29) is 29.6 Å². The van der Waals surface area contributed by atoms with E-state index in [1.165, 1.54) is 6.92 Å². The van der Waals surface area contributed by atoms with E-state index in [1.807, 2.05) is 0 Å². The summed E-state index contributed by atoms with van der Waals surface area (Å²) in [5.74, 6) is 0. The van der Waals surface area contributed by atoms with Gasteiger partial charge in [-0.3, -0.25) is 0 Å². The first-order valence-corrected chi connectivity index (χ1v) is 2.59. The van der Waals surface area contributed by atoms with Crippen LogP contribution in [0, 0.1) is 0 Å². The zero-order chi connectivity index (χ0) is 5.15. The summed E-state index contributed by atoms with van der Waals surface area (Å²) < 4.78 is 17.4. The molecule has 0 aliphatic carbocycles. The molecule has 3 nitrogen and oxygen atoms in total. The Bertz CT molecular complexity index is 64.0. The quantitative estimate of drug-likeness (QED) is 0.362. The van der Waals surface area contributed by atoms with Crippen molar-refractivity contribution in [3.63, 3.8) is 0 Å². The van der Waals surface area contributed by atoms with Crippen molar-refractivity contribution >= 4 is 40.6 Å². The van der Waals surface area contributed by atoms with Gasteiger partial charge in [0.25, 0.3) is 0 Å². The Morgan fingerprint density at radius 2 is 1.86 bits per heavy atom. The summed E-state index contributed by atoms with van der Waals surface area (Å²) in [7, 11) is 0. The third-order valence-electron chi connectivity index (χ3n) is 0.292. The average molecular weight is 133 g/mol. The molecular weight excluding hydrogens is 127 g/mol. The molecule has 2 N–H and O–H groups in total. The summed E-state index contributed by atoms with van der Waals surface area (Å²) >= 11 is -2.06. The Labute approximate surface area is 66.7 Å². The van der Waals surface area contributed by atoms with Gasteiger partial charge >= 0.3 is 0 Å². The predicted octanol–water partition coefficient (Wildman–Crippen LogP) is -0.834. The van der Waals surface area contributed by atoms with Gasteiger partial charge in [-0.2, -0.15) is 0 Å². The molecule has 1 radical (unpaired) electrons. The number of aliphatic hydroxyl groups is 1. The van der Waals surface area contributed by atoms with Gasteiger partial charge < -0.3 is 9.66 Å². The molecule has 0 heterocycles. The van der Waals surface area contributed by atoms with Crippen LogP contribution in [0.15, 0.2) is 0 Å². The van der Waals surface area contributed by atoms with Gasteiger partial charge in [0, 0.05) is 29.6 Å². The Morgan fingerprint density at radius 1 is 1.71 bits per heavy atom. The molecule has 0 fully saturated rings. The Balaban J connectivity index is 0. The standard InChI is InChI=1S/C2H6O3S.Na/c1-2(3)6(4)5;/h2-3H,1H3,(H,4,5);. The zero-order valence-electron chi connectivity index (χ0n) is 4.29. The SMILES string of the molecule is CC(O)S(=O)O.[Na]. The van der Waals surface area contributed by atoms with Crippen molar-refractivity contribution in [2.75, 3.05) is 0 Å². The Kier molecular flexibility index (Phi) is 8.15. The van der Waals surface area contributed by atoms with Crippen LogP contribution in [-0.2, 0) is 11.1 Å². The number of hydrogen-bond donors (Lipinski definition) is 2. The first-order valence-electron chi connectivity index (χ1n) is 1.42. The van der Waals surface area contributed by atoms with Gasteiger partial charge in [0.15, 0.2) is 16.5 Å². The van der Waals surface area contributed by atoms with Gasteiger partial charge in [0.1, 0.15) is 0 Å². The first-order chi connectivity index (χ1) is 2.64. The minimum Gasteiger partial charge on any atom is -0.378 e. The number of aliphatic hydroxyl groups excluding tert-OH is 1. The zero-order valence-corrected chi connectivity index (χ0v) is 7.10. The van der Waals surface area contributed by atoms with Crippen LogP contribution in [0.25, 0.3) is 0 Å². The number of hydrogen-bond acceptors (Lipinski definition) is 2. The smallest absolute Gasteiger partial charge is 0.182 e. The molecule has 0 saturated carbocycles. The minimum atomic E-state index is -2.06. The maximum atomic E-state index is 9.56. The molecule has 0 aliphatic heterocycles. The molecule has 0 aromatic rings. The van der Waals surface area contributed by atoms with Crippen LogP contribution < -0.4 is 0 Å². The van der Waals surface area contributed by atoms with Crippen LogP contribution in [0.4, 0.5) is 0 Å². The van der Waals surface area contributed by atoms with Gasteiger partial charge in [-0.1, -0.05) is 0 Å². The van der Waals surface area contributed by atoms with Gasteiger partial charge in [-0.25, -0.2) is 4.21 Å². The van der Waals surface area contributed by atoms with Crippen LogP contribution in [0.3, 0.4) is 0 Å². The Morgan fingerprint density at radius 3 is 1.86 bits per heavy atom. The molecule has 0 bridgehead atoms. The largest absolute Gasteiger partial charge is 0.378 e. The van der Waals surface area contributed by atoms with Crippen LogP contribution in [0.5, 0.6) is 0 Å². The van der Waals surface area contributed by atoms with Crippen LogP contribution in [0.1, 0.15) is 6.92 Å². The predicted molar refractivity (Wildman–Crippen MR) is 28.2 cm³/mol. The molecule has 0 saturated heterocycles. The average Bonchev–Trinajstić information content (AvgIpc) is 1.36. The summed E-state index contributed by atoms with van der Waals surface area (Å²) in [4.78, 5) is 0. The third-order valence-corrected chi connectivity index (χ3v) is 0.875. The van der Waals surface area contributed by atoms with E-state index in [2.05, 4.69) is 0 Å². The second-order valence-electron chi connectivity index (χ2n) is 0.875. The fourth-order valence-corrected chi connectivity index (χ4v) is 0. The molecule has 0 aromatic heterocycles. The summed E-state index contributed by atoms with van der Waals surface area (Å²) in [6.07, 6.45) is 0. The molecule has 0 aromatic carbocycles. The summed E-state index contributed by atoms with van der Waals surface area (Å²) in [5.41, 5.74) is -1.12. The van der Waals surface area contributed by atoms with E-state index < -0.39 is 16.5 Å². The normalized spacial score (nSPS) is 17.0. The van der Waals surface area contributed by atoms with Crippen LogP contribution in [0.2, 0.25) is 0 Å². The molecule has 0 aliphatic rings. The molecule has 0 spiro atoms. The number of rotatable bonds is 1. The third kappa shape index (κ3) is 7.07. The van der Waals surface area contributed by atoms with Crippen molar-refractivity contribution in [2.45, 2.75) is 12.4 Å². The van der Waals surface area contributed by atoms with Gasteiger partial charge in [-0.05, 0) is 6.92 Å². The maximum absolute atomic E-state index is 9.56. The summed E-state index contributed by atoms with van der Waals surface area (Å²) in [5, 5.41) is 8.08. The molecule has 5 heteroatoms. The fraction of sp³-hybridized carbons (Fsp3) is 1.00. The second-order valence-corrected chi connectivity index (χ2v) is 2.11. The molecule has 2 unspecified atom stereocenters. The van der Waals surface area contributed by atoms with Crippen molar-refractivity contribution in [2.24, 2.45) is 0 Å². The molecule has 2 atom stereocenters. The van der Waals surface area contributed by atoms with Gasteiger partial charge in [-0.15, -0.1) is 0 Å². The summed E-state index contributed by atoms with van der Waals surface area (Å²) in [6, 6.07) is 0. The van der Waals surface area contributed by atoms with E-state index in [4.69, 9.17) is 9.66 Å². The van der Waals surface area contributed by atoms with Crippen molar-refractivity contribution in [1.29, 1.82) is 0 Å². The molecule has 0 amide bonds. The minimum absolute atomic E-state index is 0. The van der Waals surface area contributed by atoms with Gasteiger partial charge in [0.2, 0.25) is 0 Å². The van der Waals surface area contributed by atoms with E-state index in [0.29, 0.717) is 0 Å². The Hall–Kier alpha value is 1.07. The van der Waals surface area contributed by atoms with Crippen molar-refractivity contribution < 1.29 is 13.9 Å². The first kappa shape index (κ1) is 10.9. The van der Waals surface area contributed by atoms with E-state index in [1.54, 1.807) is 0 Å².